The SMILES string of the molecule is CN(C#N)Cc1ccc(Cl)cc1Br. The number of rotatable bonds is 2. The van der Waals surface area contributed by atoms with E-state index in [1.54, 1.807) is 11.9 Å². The van der Waals surface area contributed by atoms with Crippen LogP contribution in [-0.2, 0) is 6.54 Å². The van der Waals surface area contributed by atoms with Crippen LogP contribution < -0.4 is 0 Å². The van der Waals surface area contributed by atoms with Gasteiger partial charge in [-0.1, -0.05) is 33.6 Å². The van der Waals surface area contributed by atoms with Crippen molar-refractivity contribution in [2.45, 2.75) is 6.54 Å². The van der Waals surface area contributed by atoms with Gasteiger partial charge in [-0.25, -0.2) is 0 Å². The molecule has 13 heavy (non-hydrogen) atoms. The fraction of sp³-hybridized carbons (Fsp3) is 0.222. The van der Waals surface area contributed by atoms with E-state index in [0.717, 1.165) is 10.0 Å². The smallest absolute Gasteiger partial charge is 0.179 e. The van der Waals surface area contributed by atoms with Gasteiger partial charge in [0.2, 0.25) is 0 Å². The summed E-state index contributed by atoms with van der Waals surface area (Å²) in [5.41, 5.74) is 1.05. The summed E-state index contributed by atoms with van der Waals surface area (Å²) < 4.78 is 0.933. The predicted octanol–water partition coefficient (Wildman–Crippen LogP) is 3.02. The molecule has 0 heterocycles. The maximum absolute atomic E-state index is 8.58. The van der Waals surface area contributed by atoms with Crippen LogP contribution in [0.4, 0.5) is 0 Å². The first-order valence-corrected chi connectivity index (χ1v) is 4.85. The fourth-order valence-corrected chi connectivity index (χ4v) is 1.75. The van der Waals surface area contributed by atoms with Crippen molar-refractivity contribution in [1.82, 2.24) is 4.90 Å². The van der Waals surface area contributed by atoms with Gasteiger partial charge in [-0.05, 0) is 17.7 Å². The molecular formula is C9H8BrClN2. The third-order valence-electron chi connectivity index (χ3n) is 1.59. The molecule has 0 bridgehead atoms. The van der Waals surface area contributed by atoms with Crippen LogP contribution in [0.5, 0.6) is 0 Å². The molecule has 0 radical (unpaired) electrons. The number of nitriles is 1. The Hall–Kier alpha value is -0.720. The van der Waals surface area contributed by atoms with Crippen LogP contribution in [0.3, 0.4) is 0 Å². The summed E-state index contributed by atoms with van der Waals surface area (Å²) in [7, 11) is 1.74. The molecule has 0 saturated heterocycles. The normalized spacial score (nSPS) is 9.38. The van der Waals surface area contributed by atoms with Crippen molar-refractivity contribution in [3.05, 3.63) is 33.3 Å². The van der Waals surface area contributed by atoms with Gasteiger partial charge in [0.15, 0.2) is 6.19 Å². The van der Waals surface area contributed by atoms with Crippen molar-refractivity contribution >= 4 is 27.5 Å². The molecule has 0 aromatic heterocycles. The Labute approximate surface area is 90.8 Å². The van der Waals surface area contributed by atoms with Crippen molar-refractivity contribution in [1.29, 1.82) is 5.26 Å². The zero-order chi connectivity index (χ0) is 9.84. The zero-order valence-corrected chi connectivity index (χ0v) is 9.43. The fourth-order valence-electron chi connectivity index (χ4n) is 0.941. The molecule has 68 valence electrons. The summed E-state index contributed by atoms with van der Waals surface area (Å²) in [6.45, 7) is 0.592. The Morgan fingerprint density at radius 2 is 2.31 bits per heavy atom. The molecule has 0 aliphatic heterocycles. The average Bonchev–Trinajstić information content (AvgIpc) is 2.09. The minimum Gasteiger partial charge on any atom is -0.309 e. The van der Waals surface area contributed by atoms with Gasteiger partial charge in [-0.2, -0.15) is 5.26 Å². The third kappa shape index (κ3) is 2.91. The summed E-state index contributed by atoms with van der Waals surface area (Å²) in [5, 5.41) is 9.27. The third-order valence-corrected chi connectivity index (χ3v) is 2.57. The molecule has 0 fully saturated rings. The first kappa shape index (κ1) is 10.4. The lowest BCUT2D eigenvalue weighted by molar-refractivity contribution is 0.468. The van der Waals surface area contributed by atoms with Crippen LogP contribution in [0.25, 0.3) is 0 Å². The van der Waals surface area contributed by atoms with E-state index in [2.05, 4.69) is 15.9 Å². The van der Waals surface area contributed by atoms with E-state index in [4.69, 9.17) is 16.9 Å². The predicted molar refractivity (Wildman–Crippen MR) is 56.2 cm³/mol. The first-order valence-electron chi connectivity index (χ1n) is 3.68. The van der Waals surface area contributed by atoms with E-state index >= 15 is 0 Å². The lowest BCUT2D eigenvalue weighted by Crippen LogP contribution is -2.10. The highest BCUT2D eigenvalue weighted by atomic mass is 79.9. The quantitative estimate of drug-likeness (QED) is 0.603. The van der Waals surface area contributed by atoms with Gasteiger partial charge in [-0.3, -0.25) is 0 Å². The second-order valence-corrected chi connectivity index (χ2v) is 3.98. The number of hydrogen-bond donors (Lipinski definition) is 0. The van der Waals surface area contributed by atoms with Crippen molar-refractivity contribution in [2.24, 2.45) is 0 Å². The first-order chi connectivity index (χ1) is 6.13. The molecule has 1 aromatic rings. The minimum atomic E-state index is 0.592. The molecule has 0 atom stereocenters. The highest BCUT2D eigenvalue weighted by Gasteiger charge is 2.02. The highest BCUT2D eigenvalue weighted by Crippen LogP contribution is 2.22. The molecule has 1 aromatic carbocycles. The molecule has 0 aliphatic carbocycles. The summed E-state index contributed by atoms with van der Waals surface area (Å²) >= 11 is 9.16. The summed E-state index contributed by atoms with van der Waals surface area (Å²) in [6.07, 6.45) is 2.03. The van der Waals surface area contributed by atoms with E-state index in [0.29, 0.717) is 11.6 Å². The van der Waals surface area contributed by atoms with Gasteiger partial charge in [0.25, 0.3) is 0 Å². The largest absolute Gasteiger partial charge is 0.309 e. The molecule has 0 spiro atoms. The Bertz CT molecular complexity index is 346. The lowest BCUT2D eigenvalue weighted by Gasteiger charge is -2.10. The maximum atomic E-state index is 8.58. The second kappa shape index (κ2) is 4.50. The van der Waals surface area contributed by atoms with Crippen LogP contribution in [-0.4, -0.2) is 11.9 Å². The average molecular weight is 260 g/mol. The number of halogens is 2. The number of nitrogens with zero attached hydrogens (tertiary/aromatic N) is 2. The summed E-state index contributed by atoms with van der Waals surface area (Å²) in [5.74, 6) is 0. The Kier molecular flexibility index (Phi) is 3.58. The standard InChI is InChI=1S/C9H8BrClN2/c1-13(6-12)5-7-2-3-8(11)4-9(7)10/h2-4H,5H2,1H3. The van der Waals surface area contributed by atoms with Gasteiger partial charge in [0.05, 0.1) is 6.54 Å². The van der Waals surface area contributed by atoms with Gasteiger partial charge >= 0.3 is 0 Å². The lowest BCUT2D eigenvalue weighted by atomic mass is 10.2. The van der Waals surface area contributed by atoms with Gasteiger partial charge in [-0.15, -0.1) is 0 Å². The minimum absolute atomic E-state index is 0.592. The monoisotopic (exact) mass is 258 g/mol. The maximum Gasteiger partial charge on any atom is 0.179 e. The van der Waals surface area contributed by atoms with Crippen molar-refractivity contribution in [3.8, 4) is 6.19 Å². The Morgan fingerprint density at radius 3 is 2.85 bits per heavy atom. The highest BCUT2D eigenvalue weighted by molar-refractivity contribution is 9.10. The van der Waals surface area contributed by atoms with E-state index in [-0.39, 0.29) is 0 Å². The Balaban J connectivity index is 2.85. The van der Waals surface area contributed by atoms with Crippen LogP contribution in [0.2, 0.25) is 5.02 Å². The molecule has 2 nitrogen and oxygen atoms in total. The molecular weight excluding hydrogens is 251 g/mol. The molecule has 0 unspecified atom stereocenters. The summed E-state index contributed by atoms with van der Waals surface area (Å²) in [6, 6.07) is 5.54. The van der Waals surface area contributed by atoms with Crippen LogP contribution in [0.15, 0.2) is 22.7 Å². The number of benzene rings is 1. The van der Waals surface area contributed by atoms with Crippen LogP contribution in [0.1, 0.15) is 5.56 Å². The van der Waals surface area contributed by atoms with Gasteiger partial charge in [0, 0.05) is 16.5 Å². The number of hydrogen-bond acceptors (Lipinski definition) is 2. The van der Waals surface area contributed by atoms with Crippen molar-refractivity contribution in [2.75, 3.05) is 7.05 Å². The van der Waals surface area contributed by atoms with E-state index in [1.165, 1.54) is 0 Å². The second-order valence-electron chi connectivity index (χ2n) is 2.69. The molecule has 1 rings (SSSR count). The molecule has 4 heteroatoms. The van der Waals surface area contributed by atoms with E-state index in [9.17, 15) is 0 Å². The van der Waals surface area contributed by atoms with Crippen LogP contribution in [0, 0.1) is 11.5 Å². The Morgan fingerprint density at radius 1 is 1.62 bits per heavy atom. The van der Waals surface area contributed by atoms with Gasteiger partial charge in [0.1, 0.15) is 0 Å². The van der Waals surface area contributed by atoms with Crippen molar-refractivity contribution < 1.29 is 0 Å². The topological polar surface area (TPSA) is 27.0 Å². The molecule has 0 amide bonds. The van der Waals surface area contributed by atoms with Gasteiger partial charge < -0.3 is 4.90 Å². The molecule has 0 saturated carbocycles. The zero-order valence-electron chi connectivity index (χ0n) is 7.09. The molecule has 0 aliphatic rings. The molecule has 0 N–H and O–H groups in total. The summed E-state index contributed by atoms with van der Waals surface area (Å²) in [4.78, 5) is 1.55. The van der Waals surface area contributed by atoms with E-state index < -0.39 is 0 Å². The van der Waals surface area contributed by atoms with E-state index in [1.807, 2.05) is 24.4 Å². The van der Waals surface area contributed by atoms with Crippen LogP contribution >= 0.6 is 27.5 Å². The van der Waals surface area contributed by atoms with Crippen molar-refractivity contribution in [3.63, 3.8) is 0 Å².